The zero-order valence-electron chi connectivity index (χ0n) is 16.1. The van der Waals surface area contributed by atoms with Gasteiger partial charge < -0.3 is 4.57 Å². The first kappa shape index (κ1) is 18.7. The molecule has 1 saturated heterocycles. The van der Waals surface area contributed by atoms with Crippen molar-refractivity contribution in [2.75, 3.05) is 31.1 Å². The number of aryl methyl sites for hydroxylation is 1. The van der Waals surface area contributed by atoms with E-state index in [2.05, 4.69) is 25.4 Å². The minimum absolute atomic E-state index is 0.127. The van der Waals surface area contributed by atoms with Crippen LogP contribution in [0.15, 0.2) is 36.5 Å². The molecule has 1 aliphatic rings. The van der Waals surface area contributed by atoms with Gasteiger partial charge >= 0.3 is 0 Å². The van der Waals surface area contributed by atoms with Gasteiger partial charge in [-0.15, -0.1) is 0 Å². The van der Waals surface area contributed by atoms with Gasteiger partial charge in [0.15, 0.2) is 11.5 Å². The topological polar surface area (TPSA) is 42.5 Å². The van der Waals surface area contributed by atoms with Crippen LogP contribution in [-0.4, -0.2) is 51.4 Å². The molecule has 5 nitrogen and oxygen atoms in total. The van der Waals surface area contributed by atoms with Crippen molar-refractivity contribution >= 4 is 34.3 Å². The Bertz CT molecular complexity index is 1070. The maximum absolute atomic E-state index is 13.2. The standard InChI is InChI=1S/C22H22N4OS/c1-15-12-19-22(24-13-15)21(20(27)14-25-8-10-28-11-9-25)16(2)26(19)18-6-4-17(23-3)5-7-18/h4-7,12-13H,8-11,14H2,1-2H3. The number of ketones is 1. The molecule has 0 N–H and O–H groups in total. The molecule has 1 aromatic carbocycles. The van der Waals surface area contributed by atoms with E-state index in [0.717, 1.165) is 52.6 Å². The fraction of sp³-hybridized carbons (Fsp3) is 0.318. The predicted molar refractivity (Wildman–Crippen MR) is 115 cm³/mol. The summed E-state index contributed by atoms with van der Waals surface area (Å²) in [6, 6.07) is 9.55. The molecule has 0 atom stereocenters. The average Bonchev–Trinajstić information content (AvgIpc) is 3.00. The van der Waals surface area contributed by atoms with E-state index in [1.807, 2.05) is 56.1 Å². The Kier molecular flexibility index (Phi) is 5.21. The third-order valence-electron chi connectivity index (χ3n) is 5.17. The molecule has 142 valence electrons. The number of rotatable bonds is 4. The number of hydrogen-bond donors (Lipinski definition) is 0. The summed E-state index contributed by atoms with van der Waals surface area (Å²) in [6.07, 6.45) is 1.82. The van der Waals surface area contributed by atoms with Gasteiger partial charge in [0.1, 0.15) is 0 Å². The van der Waals surface area contributed by atoms with Gasteiger partial charge in [0.2, 0.25) is 0 Å². The second-order valence-electron chi connectivity index (χ2n) is 7.12. The fourth-order valence-electron chi connectivity index (χ4n) is 3.76. The molecular weight excluding hydrogens is 368 g/mol. The molecule has 2 aromatic heterocycles. The number of carbonyl (C=O) groups is 1. The van der Waals surface area contributed by atoms with Crippen LogP contribution in [0.2, 0.25) is 0 Å². The lowest BCUT2D eigenvalue weighted by atomic mass is 10.1. The van der Waals surface area contributed by atoms with Gasteiger partial charge in [0, 0.05) is 42.2 Å². The van der Waals surface area contributed by atoms with Crippen LogP contribution in [0.4, 0.5) is 5.69 Å². The number of carbonyl (C=O) groups excluding carboxylic acids is 1. The van der Waals surface area contributed by atoms with Crippen LogP contribution < -0.4 is 0 Å². The number of benzene rings is 1. The summed E-state index contributed by atoms with van der Waals surface area (Å²) >= 11 is 1.94. The lowest BCUT2D eigenvalue weighted by molar-refractivity contribution is 0.0938. The highest BCUT2D eigenvalue weighted by molar-refractivity contribution is 7.99. The highest BCUT2D eigenvalue weighted by Gasteiger charge is 2.24. The van der Waals surface area contributed by atoms with Crippen molar-refractivity contribution in [2.45, 2.75) is 13.8 Å². The Morgan fingerprint density at radius 3 is 2.61 bits per heavy atom. The van der Waals surface area contributed by atoms with E-state index in [0.29, 0.717) is 17.8 Å². The van der Waals surface area contributed by atoms with E-state index in [4.69, 9.17) is 6.57 Å². The van der Waals surface area contributed by atoms with Crippen LogP contribution in [0, 0.1) is 20.4 Å². The van der Waals surface area contributed by atoms with Crippen molar-refractivity contribution in [1.29, 1.82) is 0 Å². The van der Waals surface area contributed by atoms with E-state index >= 15 is 0 Å². The molecule has 0 saturated carbocycles. The molecule has 3 aromatic rings. The molecule has 0 amide bonds. The smallest absolute Gasteiger partial charge is 0.187 e. The average molecular weight is 391 g/mol. The normalized spacial score (nSPS) is 14.9. The van der Waals surface area contributed by atoms with Crippen molar-refractivity contribution in [3.05, 3.63) is 64.8 Å². The molecule has 3 heterocycles. The second kappa shape index (κ2) is 7.78. The van der Waals surface area contributed by atoms with E-state index in [1.54, 1.807) is 0 Å². The number of pyridine rings is 1. The minimum Gasteiger partial charge on any atom is -0.312 e. The van der Waals surface area contributed by atoms with Crippen LogP contribution in [0.5, 0.6) is 0 Å². The van der Waals surface area contributed by atoms with Gasteiger partial charge in [0.25, 0.3) is 0 Å². The van der Waals surface area contributed by atoms with Gasteiger partial charge in [0.05, 0.1) is 29.7 Å². The summed E-state index contributed by atoms with van der Waals surface area (Å²) in [6.45, 7) is 13.5. The Morgan fingerprint density at radius 2 is 1.93 bits per heavy atom. The number of fused-ring (bicyclic) bond motifs is 1. The second-order valence-corrected chi connectivity index (χ2v) is 8.34. The molecule has 0 unspecified atom stereocenters. The summed E-state index contributed by atoms with van der Waals surface area (Å²) < 4.78 is 2.09. The summed E-state index contributed by atoms with van der Waals surface area (Å²) in [7, 11) is 0. The Labute approximate surface area is 169 Å². The van der Waals surface area contributed by atoms with Gasteiger partial charge in [-0.05, 0) is 37.6 Å². The number of thioether (sulfide) groups is 1. The molecule has 1 aliphatic heterocycles. The summed E-state index contributed by atoms with van der Waals surface area (Å²) in [5.74, 6) is 2.29. The van der Waals surface area contributed by atoms with Crippen LogP contribution in [0.1, 0.15) is 21.6 Å². The highest BCUT2D eigenvalue weighted by Crippen LogP contribution is 2.30. The Hall–Kier alpha value is -2.62. The molecule has 0 radical (unpaired) electrons. The van der Waals surface area contributed by atoms with E-state index < -0.39 is 0 Å². The van der Waals surface area contributed by atoms with Crippen LogP contribution in [0.25, 0.3) is 21.6 Å². The van der Waals surface area contributed by atoms with E-state index in [1.165, 1.54) is 0 Å². The number of hydrogen-bond acceptors (Lipinski definition) is 4. The quantitative estimate of drug-likeness (QED) is 0.488. The van der Waals surface area contributed by atoms with Crippen molar-refractivity contribution in [2.24, 2.45) is 0 Å². The Morgan fingerprint density at radius 1 is 1.21 bits per heavy atom. The SMILES string of the molecule is [C-]#[N+]c1ccc(-n2c(C)c(C(=O)CN3CCSCC3)c3ncc(C)cc32)cc1. The molecule has 6 heteroatoms. The molecular formula is C22H22N4OS. The third-order valence-corrected chi connectivity index (χ3v) is 6.11. The van der Waals surface area contributed by atoms with Crippen molar-refractivity contribution in [1.82, 2.24) is 14.5 Å². The molecule has 0 spiro atoms. The maximum Gasteiger partial charge on any atom is 0.187 e. The van der Waals surface area contributed by atoms with Gasteiger partial charge in [-0.25, -0.2) is 4.85 Å². The molecule has 28 heavy (non-hydrogen) atoms. The molecule has 1 fully saturated rings. The summed E-state index contributed by atoms with van der Waals surface area (Å²) in [4.78, 5) is 23.6. The van der Waals surface area contributed by atoms with Crippen molar-refractivity contribution in [3.8, 4) is 5.69 Å². The van der Waals surface area contributed by atoms with Gasteiger partial charge in [-0.1, -0.05) is 12.1 Å². The number of aromatic nitrogens is 2. The lowest BCUT2D eigenvalue weighted by Crippen LogP contribution is -2.36. The Balaban J connectivity index is 1.81. The molecule has 0 bridgehead atoms. The predicted octanol–water partition coefficient (Wildman–Crippen LogP) is 4.42. The summed E-state index contributed by atoms with van der Waals surface area (Å²) in [5.41, 5.74) is 5.90. The minimum atomic E-state index is 0.127. The van der Waals surface area contributed by atoms with Gasteiger partial charge in [-0.2, -0.15) is 11.8 Å². The van der Waals surface area contributed by atoms with Crippen LogP contribution in [0.3, 0.4) is 0 Å². The lowest BCUT2D eigenvalue weighted by Gasteiger charge is -2.25. The highest BCUT2D eigenvalue weighted by atomic mass is 32.2. The van der Waals surface area contributed by atoms with Gasteiger partial charge in [-0.3, -0.25) is 14.7 Å². The van der Waals surface area contributed by atoms with Crippen molar-refractivity contribution < 1.29 is 4.79 Å². The summed E-state index contributed by atoms with van der Waals surface area (Å²) in [5, 5.41) is 0. The number of nitrogens with zero attached hydrogens (tertiary/aromatic N) is 4. The number of Topliss-reactive ketones (excluding diaryl/α,β-unsaturated/α-hetero) is 1. The van der Waals surface area contributed by atoms with Crippen molar-refractivity contribution in [3.63, 3.8) is 0 Å². The molecule has 4 rings (SSSR count). The third kappa shape index (κ3) is 3.44. The zero-order chi connectivity index (χ0) is 19.7. The first-order valence-corrected chi connectivity index (χ1v) is 10.5. The fourth-order valence-corrected chi connectivity index (χ4v) is 4.74. The zero-order valence-corrected chi connectivity index (χ0v) is 16.9. The van der Waals surface area contributed by atoms with E-state index in [9.17, 15) is 4.79 Å². The first-order valence-electron chi connectivity index (χ1n) is 9.37. The molecule has 0 aliphatic carbocycles. The van der Waals surface area contributed by atoms with E-state index in [-0.39, 0.29) is 5.78 Å². The maximum atomic E-state index is 13.2. The monoisotopic (exact) mass is 390 g/mol. The van der Waals surface area contributed by atoms with Crippen LogP contribution in [-0.2, 0) is 0 Å². The first-order chi connectivity index (χ1) is 13.6. The van der Waals surface area contributed by atoms with Crippen LogP contribution >= 0.6 is 11.8 Å². The largest absolute Gasteiger partial charge is 0.312 e.